The third-order valence-electron chi connectivity index (χ3n) is 3.52. The number of ether oxygens (including phenoxy) is 2. The van der Waals surface area contributed by atoms with Crippen molar-refractivity contribution in [3.8, 4) is 17.2 Å². The number of carbonyl (C=O) groups excluding carboxylic acids is 1. The van der Waals surface area contributed by atoms with Gasteiger partial charge in [0.05, 0.1) is 19.4 Å². The molecule has 1 aromatic heterocycles. The van der Waals surface area contributed by atoms with E-state index in [1.54, 1.807) is 13.4 Å². The maximum Gasteiger partial charge on any atom is 0.226 e. The van der Waals surface area contributed by atoms with Gasteiger partial charge in [-0.2, -0.15) is 0 Å². The fourth-order valence-corrected chi connectivity index (χ4v) is 2.19. The molecule has 0 saturated carbocycles. The van der Waals surface area contributed by atoms with Crippen molar-refractivity contribution >= 4 is 5.91 Å². The van der Waals surface area contributed by atoms with Gasteiger partial charge >= 0.3 is 0 Å². The third kappa shape index (κ3) is 6.58. The highest BCUT2D eigenvalue weighted by Gasteiger charge is 2.08. The van der Waals surface area contributed by atoms with Gasteiger partial charge in [-0.3, -0.25) is 4.79 Å². The summed E-state index contributed by atoms with van der Waals surface area (Å²) in [4.78, 5) is 16.2. The van der Waals surface area contributed by atoms with Crippen molar-refractivity contribution in [2.45, 2.75) is 26.7 Å². The van der Waals surface area contributed by atoms with Crippen LogP contribution in [-0.4, -0.2) is 37.8 Å². The van der Waals surface area contributed by atoms with E-state index >= 15 is 0 Å². The summed E-state index contributed by atoms with van der Waals surface area (Å²) in [6.45, 7) is 5.82. The SMILES string of the molecule is COc1ccc(-c2nc(CCNC(=O)CCOCC(C)C)co2)cc1. The molecule has 1 N–H and O–H groups in total. The fraction of sp³-hybridized carbons (Fsp3) is 0.474. The molecule has 0 aliphatic heterocycles. The first kappa shape index (κ1) is 19.0. The molecule has 2 rings (SSSR count). The molecule has 0 fully saturated rings. The predicted molar refractivity (Wildman–Crippen MR) is 95.5 cm³/mol. The summed E-state index contributed by atoms with van der Waals surface area (Å²) in [7, 11) is 1.63. The van der Waals surface area contributed by atoms with Crippen molar-refractivity contribution in [3.63, 3.8) is 0 Å². The van der Waals surface area contributed by atoms with Crippen molar-refractivity contribution in [1.82, 2.24) is 10.3 Å². The molecule has 0 aliphatic rings. The van der Waals surface area contributed by atoms with Crippen LogP contribution in [0.3, 0.4) is 0 Å². The van der Waals surface area contributed by atoms with Gasteiger partial charge in [0.2, 0.25) is 11.8 Å². The summed E-state index contributed by atoms with van der Waals surface area (Å²) >= 11 is 0. The standard InChI is InChI=1S/C19H26N2O4/c1-14(2)12-24-11-9-18(22)20-10-8-16-13-25-19(21-16)15-4-6-17(23-3)7-5-15/h4-7,13-14H,8-12H2,1-3H3,(H,20,22). The molecule has 0 aliphatic carbocycles. The van der Waals surface area contributed by atoms with Crippen molar-refractivity contribution in [1.29, 1.82) is 0 Å². The zero-order valence-electron chi connectivity index (χ0n) is 15.1. The molecule has 1 aromatic carbocycles. The Morgan fingerprint density at radius 3 is 2.72 bits per heavy atom. The highest BCUT2D eigenvalue weighted by atomic mass is 16.5. The molecule has 6 heteroatoms. The van der Waals surface area contributed by atoms with Gasteiger partial charge in [-0.1, -0.05) is 13.8 Å². The second-order valence-corrected chi connectivity index (χ2v) is 6.19. The molecule has 1 amide bonds. The normalized spacial score (nSPS) is 10.9. The fourth-order valence-electron chi connectivity index (χ4n) is 2.19. The second-order valence-electron chi connectivity index (χ2n) is 6.19. The van der Waals surface area contributed by atoms with Crippen LogP contribution in [0, 0.1) is 5.92 Å². The monoisotopic (exact) mass is 346 g/mol. The van der Waals surface area contributed by atoms with E-state index in [9.17, 15) is 4.79 Å². The number of carbonyl (C=O) groups is 1. The molecule has 1 heterocycles. The van der Waals surface area contributed by atoms with E-state index < -0.39 is 0 Å². The number of hydrogen-bond acceptors (Lipinski definition) is 5. The van der Waals surface area contributed by atoms with Crippen LogP contribution in [0.2, 0.25) is 0 Å². The van der Waals surface area contributed by atoms with Gasteiger partial charge in [0, 0.05) is 31.6 Å². The molecule has 0 unspecified atom stereocenters. The topological polar surface area (TPSA) is 73.6 Å². The first-order valence-electron chi connectivity index (χ1n) is 8.51. The average molecular weight is 346 g/mol. The number of rotatable bonds is 10. The van der Waals surface area contributed by atoms with Gasteiger partial charge in [0.25, 0.3) is 0 Å². The van der Waals surface area contributed by atoms with Crippen LogP contribution in [0.4, 0.5) is 0 Å². The van der Waals surface area contributed by atoms with Gasteiger partial charge < -0.3 is 19.2 Å². The highest BCUT2D eigenvalue weighted by molar-refractivity contribution is 5.75. The summed E-state index contributed by atoms with van der Waals surface area (Å²) in [5, 5.41) is 2.87. The Morgan fingerprint density at radius 1 is 1.28 bits per heavy atom. The number of nitrogens with one attached hydrogen (secondary N) is 1. The number of benzene rings is 1. The van der Waals surface area contributed by atoms with Crippen LogP contribution in [0.25, 0.3) is 11.5 Å². The zero-order valence-corrected chi connectivity index (χ0v) is 15.1. The van der Waals surface area contributed by atoms with Crippen molar-refractivity contribution in [2.75, 3.05) is 26.9 Å². The van der Waals surface area contributed by atoms with E-state index in [1.807, 2.05) is 24.3 Å². The number of amides is 1. The third-order valence-corrected chi connectivity index (χ3v) is 3.52. The summed E-state index contributed by atoms with van der Waals surface area (Å²) in [6.07, 6.45) is 2.62. The number of aromatic nitrogens is 1. The van der Waals surface area contributed by atoms with Crippen LogP contribution in [0.5, 0.6) is 5.75 Å². The molecule has 6 nitrogen and oxygen atoms in total. The minimum Gasteiger partial charge on any atom is -0.497 e. The molecule has 0 atom stereocenters. The Kier molecular flexibility index (Phi) is 7.47. The van der Waals surface area contributed by atoms with Crippen LogP contribution in [-0.2, 0) is 16.0 Å². The molecule has 0 spiro atoms. The van der Waals surface area contributed by atoms with Gasteiger partial charge in [0.1, 0.15) is 12.0 Å². The molecule has 2 aromatic rings. The number of hydrogen-bond donors (Lipinski definition) is 1. The minimum atomic E-state index is -0.0115. The van der Waals surface area contributed by atoms with Crippen molar-refractivity contribution in [2.24, 2.45) is 5.92 Å². The number of methoxy groups -OCH3 is 1. The highest BCUT2D eigenvalue weighted by Crippen LogP contribution is 2.21. The summed E-state index contributed by atoms with van der Waals surface area (Å²) < 4.78 is 16.0. The lowest BCUT2D eigenvalue weighted by atomic mass is 10.2. The molecule has 0 saturated heterocycles. The Morgan fingerprint density at radius 2 is 2.04 bits per heavy atom. The van der Waals surface area contributed by atoms with Crippen LogP contribution in [0.15, 0.2) is 34.9 Å². The second kappa shape index (κ2) is 9.84. The largest absolute Gasteiger partial charge is 0.497 e. The van der Waals surface area contributed by atoms with E-state index in [-0.39, 0.29) is 5.91 Å². The minimum absolute atomic E-state index is 0.0115. The van der Waals surface area contributed by atoms with E-state index in [4.69, 9.17) is 13.9 Å². The van der Waals surface area contributed by atoms with E-state index in [1.165, 1.54) is 0 Å². The lowest BCUT2D eigenvalue weighted by Gasteiger charge is -2.07. The zero-order chi connectivity index (χ0) is 18.1. The van der Waals surface area contributed by atoms with E-state index in [0.29, 0.717) is 44.4 Å². The first-order valence-corrected chi connectivity index (χ1v) is 8.51. The number of oxazole rings is 1. The van der Waals surface area contributed by atoms with Crippen molar-refractivity contribution < 1.29 is 18.7 Å². The molecular formula is C19H26N2O4. The quantitative estimate of drug-likeness (QED) is 0.669. The summed E-state index contributed by atoms with van der Waals surface area (Å²) in [6, 6.07) is 7.52. The maximum absolute atomic E-state index is 11.7. The summed E-state index contributed by atoms with van der Waals surface area (Å²) in [5.41, 5.74) is 1.69. The van der Waals surface area contributed by atoms with E-state index in [0.717, 1.165) is 17.0 Å². The number of nitrogens with zero attached hydrogens (tertiary/aromatic N) is 1. The maximum atomic E-state index is 11.7. The molecular weight excluding hydrogens is 320 g/mol. The van der Waals surface area contributed by atoms with Crippen LogP contribution >= 0.6 is 0 Å². The predicted octanol–water partition coefficient (Wildman–Crippen LogP) is 3.07. The van der Waals surface area contributed by atoms with Gasteiger partial charge in [0.15, 0.2) is 0 Å². The lowest BCUT2D eigenvalue weighted by molar-refractivity contribution is -0.122. The van der Waals surface area contributed by atoms with E-state index in [2.05, 4.69) is 24.1 Å². The Hall–Kier alpha value is -2.34. The molecule has 0 bridgehead atoms. The molecule has 0 radical (unpaired) electrons. The van der Waals surface area contributed by atoms with Gasteiger partial charge in [-0.05, 0) is 30.2 Å². The average Bonchev–Trinajstić information content (AvgIpc) is 3.07. The van der Waals surface area contributed by atoms with Gasteiger partial charge in [-0.15, -0.1) is 0 Å². The Balaban J connectivity index is 1.71. The Bertz CT molecular complexity index is 650. The van der Waals surface area contributed by atoms with Crippen LogP contribution < -0.4 is 10.1 Å². The van der Waals surface area contributed by atoms with Crippen molar-refractivity contribution in [3.05, 3.63) is 36.2 Å². The molecule has 25 heavy (non-hydrogen) atoms. The lowest BCUT2D eigenvalue weighted by Crippen LogP contribution is -2.26. The van der Waals surface area contributed by atoms with Gasteiger partial charge in [-0.25, -0.2) is 4.98 Å². The van der Waals surface area contributed by atoms with Crippen LogP contribution in [0.1, 0.15) is 26.0 Å². The first-order chi connectivity index (χ1) is 12.1. The Labute approximate surface area is 148 Å². The molecule has 136 valence electrons. The summed E-state index contributed by atoms with van der Waals surface area (Å²) in [5.74, 6) is 1.82. The smallest absolute Gasteiger partial charge is 0.226 e.